The van der Waals surface area contributed by atoms with Crippen molar-refractivity contribution in [2.75, 3.05) is 0 Å². The second-order valence-corrected chi connectivity index (χ2v) is 8.61. The molecule has 0 spiro atoms. The van der Waals surface area contributed by atoms with Crippen LogP contribution in [0.25, 0.3) is 28.1 Å². The van der Waals surface area contributed by atoms with Crippen LogP contribution in [0.4, 0.5) is 4.39 Å². The summed E-state index contributed by atoms with van der Waals surface area (Å²) in [5.74, 6) is -1.33. The van der Waals surface area contributed by atoms with Gasteiger partial charge in [0.1, 0.15) is 6.07 Å². The van der Waals surface area contributed by atoms with Gasteiger partial charge in [0.15, 0.2) is 0 Å². The van der Waals surface area contributed by atoms with E-state index in [1.807, 2.05) is 48.5 Å². The Morgan fingerprint density at radius 2 is 1.80 bits per heavy atom. The van der Waals surface area contributed by atoms with Crippen molar-refractivity contribution < 1.29 is 14.3 Å². The maximum atomic E-state index is 14.7. The van der Waals surface area contributed by atoms with E-state index in [9.17, 15) is 14.4 Å². The van der Waals surface area contributed by atoms with E-state index in [-0.39, 0.29) is 10.9 Å². The van der Waals surface area contributed by atoms with Gasteiger partial charge in [0, 0.05) is 11.6 Å². The molecule has 0 amide bonds. The maximum Gasteiger partial charge on any atom is 0.328 e. The molecule has 1 fully saturated rings. The van der Waals surface area contributed by atoms with Crippen molar-refractivity contribution in [2.45, 2.75) is 19.3 Å². The fraction of sp³-hybridized carbons (Fsp3) is 0.138. The van der Waals surface area contributed by atoms with Gasteiger partial charge in [-0.1, -0.05) is 67.1 Å². The number of nitrogens with zero attached hydrogens (tertiary/aromatic N) is 2. The van der Waals surface area contributed by atoms with E-state index in [1.54, 1.807) is 6.07 Å². The summed E-state index contributed by atoms with van der Waals surface area (Å²) >= 11 is 0. The minimum absolute atomic E-state index is 0.185. The molecule has 0 unspecified atom stereocenters. The Bertz CT molecular complexity index is 1510. The summed E-state index contributed by atoms with van der Waals surface area (Å²) in [6, 6.07) is 23.5. The summed E-state index contributed by atoms with van der Waals surface area (Å²) in [7, 11) is 0. The number of fused-ring (bicyclic) bond motifs is 1. The third-order valence-corrected chi connectivity index (χ3v) is 6.54. The SMILES string of the molecule is N#Cc1c(/C(=C(/c2ccccc2)C2CCC2)c2ccc(/C=C/C(=O)O)cc2)ccc2n[nH]c(F)c12. The number of carboxylic acids is 1. The summed E-state index contributed by atoms with van der Waals surface area (Å²) in [5, 5.41) is 25.6. The van der Waals surface area contributed by atoms with Crippen LogP contribution in [0.5, 0.6) is 0 Å². The number of aromatic amines is 1. The Hall–Kier alpha value is -4.50. The van der Waals surface area contributed by atoms with Crippen LogP contribution in [0.3, 0.4) is 0 Å². The highest BCUT2D eigenvalue weighted by Gasteiger charge is 2.29. The molecule has 1 saturated carbocycles. The van der Waals surface area contributed by atoms with Gasteiger partial charge in [-0.15, -0.1) is 0 Å². The first-order valence-electron chi connectivity index (χ1n) is 11.4. The quantitative estimate of drug-likeness (QED) is 0.255. The Labute approximate surface area is 201 Å². The fourth-order valence-electron chi connectivity index (χ4n) is 4.68. The van der Waals surface area contributed by atoms with E-state index in [0.29, 0.717) is 17.0 Å². The molecule has 1 aliphatic rings. The number of aliphatic carboxylic acids is 1. The summed E-state index contributed by atoms with van der Waals surface area (Å²) in [6.07, 6.45) is 5.84. The van der Waals surface area contributed by atoms with Gasteiger partial charge in [-0.25, -0.2) is 4.79 Å². The van der Waals surface area contributed by atoms with Crippen LogP contribution in [0.15, 0.2) is 72.8 Å². The van der Waals surface area contributed by atoms with Crippen molar-refractivity contribution in [3.8, 4) is 6.07 Å². The number of rotatable bonds is 6. The average Bonchev–Trinajstić information content (AvgIpc) is 3.23. The van der Waals surface area contributed by atoms with E-state index in [2.05, 4.69) is 28.4 Å². The first kappa shape index (κ1) is 22.3. The third-order valence-electron chi connectivity index (χ3n) is 6.54. The number of hydrogen-bond donors (Lipinski definition) is 2. The summed E-state index contributed by atoms with van der Waals surface area (Å²) < 4.78 is 14.7. The van der Waals surface area contributed by atoms with E-state index < -0.39 is 11.9 Å². The summed E-state index contributed by atoms with van der Waals surface area (Å²) in [6.45, 7) is 0. The number of aromatic nitrogens is 2. The maximum absolute atomic E-state index is 14.7. The van der Waals surface area contributed by atoms with Gasteiger partial charge < -0.3 is 5.11 Å². The molecule has 4 aromatic rings. The zero-order chi connectivity index (χ0) is 24.4. The van der Waals surface area contributed by atoms with Crippen LogP contribution in [-0.4, -0.2) is 21.3 Å². The predicted molar refractivity (Wildman–Crippen MR) is 134 cm³/mol. The minimum Gasteiger partial charge on any atom is -0.478 e. The normalized spacial score (nSPS) is 14.5. The number of carbonyl (C=O) groups is 1. The van der Waals surface area contributed by atoms with Crippen molar-refractivity contribution in [1.82, 2.24) is 10.2 Å². The average molecular weight is 464 g/mol. The van der Waals surface area contributed by atoms with Crippen LogP contribution < -0.4 is 0 Å². The van der Waals surface area contributed by atoms with Gasteiger partial charge >= 0.3 is 5.97 Å². The summed E-state index contributed by atoms with van der Waals surface area (Å²) in [4.78, 5) is 10.9. The predicted octanol–water partition coefficient (Wildman–Crippen LogP) is 6.43. The van der Waals surface area contributed by atoms with Crippen molar-refractivity contribution in [2.24, 2.45) is 5.92 Å². The Morgan fingerprint density at radius 3 is 2.43 bits per heavy atom. The molecule has 35 heavy (non-hydrogen) atoms. The van der Waals surface area contributed by atoms with Crippen LogP contribution in [0.2, 0.25) is 0 Å². The minimum atomic E-state index is -1.01. The second kappa shape index (κ2) is 9.40. The van der Waals surface area contributed by atoms with Crippen LogP contribution in [0, 0.1) is 23.2 Å². The molecule has 172 valence electrons. The highest BCUT2D eigenvalue weighted by molar-refractivity contribution is 6.04. The van der Waals surface area contributed by atoms with Crippen molar-refractivity contribution in [3.63, 3.8) is 0 Å². The molecule has 2 N–H and O–H groups in total. The number of allylic oxidation sites excluding steroid dienone is 1. The van der Waals surface area contributed by atoms with E-state index in [0.717, 1.165) is 53.2 Å². The molecule has 0 bridgehead atoms. The molecule has 1 heterocycles. The van der Waals surface area contributed by atoms with E-state index in [4.69, 9.17) is 5.11 Å². The first-order valence-corrected chi connectivity index (χ1v) is 11.4. The number of hydrogen-bond acceptors (Lipinski definition) is 3. The second-order valence-electron chi connectivity index (χ2n) is 8.61. The van der Waals surface area contributed by atoms with Gasteiger partial charge in [0.25, 0.3) is 0 Å². The number of benzene rings is 3. The molecule has 5 rings (SSSR count). The third kappa shape index (κ3) is 4.24. The highest BCUT2D eigenvalue weighted by atomic mass is 19.1. The first-order chi connectivity index (χ1) is 17.1. The van der Waals surface area contributed by atoms with E-state index in [1.165, 1.54) is 6.08 Å². The molecule has 1 aromatic heterocycles. The molecular formula is C29H22FN3O2. The zero-order valence-corrected chi connectivity index (χ0v) is 18.8. The molecule has 5 nitrogen and oxygen atoms in total. The molecule has 6 heteroatoms. The topological polar surface area (TPSA) is 89.8 Å². The lowest BCUT2D eigenvalue weighted by Gasteiger charge is -2.32. The van der Waals surface area contributed by atoms with Gasteiger partial charge in [-0.2, -0.15) is 14.8 Å². The lowest BCUT2D eigenvalue weighted by atomic mass is 9.72. The number of nitrogens with one attached hydrogen (secondary N) is 1. The van der Waals surface area contributed by atoms with Gasteiger partial charge in [-0.05, 0) is 58.7 Å². The number of nitriles is 1. The Morgan fingerprint density at radius 1 is 1.06 bits per heavy atom. The smallest absolute Gasteiger partial charge is 0.328 e. The number of halogens is 1. The Balaban J connectivity index is 1.80. The lowest BCUT2D eigenvalue weighted by Crippen LogP contribution is -2.15. The van der Waals surface area contributed by atoms with Gasteiger partial charge in [0.2, 0.25) is 5.95 Å². The van der Waals surface area contributed by atoms with Gasteiger partial charge in [-0.3, -0.25) is 5.10 Å². The molecule has 1 aliphatic carbocycles. The zero-order valence-electron chi connectivity index (χ0n) is 18.8. The molecular weight excluding hydrogens is 441 g/mol. The number of H-pyrrole nitrogens is 1. The standard InChI is InChI=1S/C29H22FN3O2/c30-29-28-23(17-31)22(14-15-24(28)32-33-29)27(21-12-9-18(10-13-21)11-16-25(34)35)26(20-7-4-8-20)19-5-2-1-3-6-19/h1-3,5-6,9-16,20H,4,7-8H2,(H,32,33)(H,34,35)/b16-11+,27-26-. The fourth-order valence-corrected chi connectivity index (χ4v) is 4.68. The molecule has 0 saturated heterocycles. The summed E-state index contributed by atoms with van der Waals surface area (Å²) in [5.41, 5.74) is 6.01. The van der Waals surface area contributed by atoms with Crippen molar-refractivity contribution in [1.29, 1.82) is 5.26 Å². The Kier molecular flexibility index (Phi) is 5.99. The lowest BCUT2D eigenvalue weighted by molar-refractivity contribution is -0.131. The van der Waals surface area contributed by atoms with Crippen LogP contribution in [-0.2, 0) is 4.79 Å². The van der Waals surface area contributed by atoms with Gasteiger partial charge in [0.05, 0.1) is 16.5 Å². The highest BCUT2D eigenvalue weighted by Crippen LogP contribution is 2.46. The number of carboxylic acid groups (broad SMARTS) is 1. The molecule has 3 aromatic carbocycles. The monoisotopic (exact) mass is 463 g/mol. The van der Waals surface area contributed by atoms with E-state index >= 15 is 0 Å². The molecule has 0 radical (unpaired) electrons. The van der Waals surface area contributed by atoms with Crippen molar-refractivity contribution >= 4 is 34.1 Å². The van der Waals surface area contributed by atoms with Crippen LogP contribution >= 0.6 is 0 Å². The largest absolute Gasteiger partial charge is 0.478 e. The van der Waals surface area contributed by atoms with Crippen LogP contribution in [0.1, 0.15) is 47.1 Å². The molecule has 0 atom stereocenters. The molecule has 0 aliphatic heterocycles. The van der Waals surface area contributed by atoms with Crippen molar-refractivity contribution in [3.05, 3.63) is 107 Å².